The number of carbonyl (C=O) groups is 1. The first-order chi connectivity index (χ1) is 9.22. The molecule has 0 saturated carbocycles. The molecule has 0 fully saturated rings. The van der Waals surface area contributed by atoms with Crippen LogP contribution in [0, 0.1) is 34.1 Å². The van der Waals surface area contributed by atoms with E-state index in [4.69, 9.17) is 11.6 Å². The van der Waals surface area contributed by atoms with Gasteiger partial charge in [-0.25, -0.2) is 4.79 Å². The van der Waals surface area contributed by atoms with Crippen molar-refractivity contribution in [3.05, 3.63) is 36.4 Å². The number of nitrogens with zero attached hydrogens (tertiary/aromatic N) is 2. The van der Waals surface area contributed by atoms with Crippen molar-refractivity contribution in [1.82, 2.24) is 0 Å². The molecule has 0 aliphatic heterocycles. The molecule has 1 aromatic rings. The first-order valence-electron chi connectivity index (χ1n) is 5.09. The van der Waals surface area contributed by atoms with Crippen LogP contribution in [0.2, 0.25) is 5.02 Å². The Kier molecular flexibility index (Phi) is 4.45. The van der Waals surface area contributed by atoms with Crippen molar-refractivity contribution in [3.63, 3.8) is 0 Å². The van der Waals surface area contributed by atoms with E-state index in [2.05, 4.69) is 9.47 Å². The van der Waals surface area contributed by atoms with Gasteiger partial charge < -0.3 is 9.47 Å². The molecule has 0 aromatic heterocycles. The molecule has 0 atom stereocenters. The number of nitro groups is 2. The Labute approximate surface area is 117 Å². The van der Waals surface area contributed by atoms with Gasteiger partial charge in [-0.1, -0.05) is 11.6 Å². The molecule has 0 aliphatic carbocycles. The summed E-state index contributed by atoms with van der Waals surface area (Å²) in [6, 6.07) is 0. The van der Waals surface area contributed by atoms with Crippen molar-refractivity contribution in [1.29, 1.82) is 0 Å². The fourth-order valence-electron chi connectivity index (χ4n) is 1.60. The quantitative estimate of drug-likeness (QED) is 0.364. The molecule has 20 heavy (non-hydrogen) atoms. The first-order valence-corrected chi connectivity index (χ1v) is 5.47. The lowest BCUT2D eigenvalue weighted by Crippen LogP contribution is -2.12. The molecule has 10 heteroatoms. The van der Waals surface area contributed by atoms with Crippen LogP contribution in [0.1, 0.15) is 11.1 Å². The minimum absolute atomic E-state index is 0.0429. The Bertz CT molecular complexity index is 573. The summed E-state index contributed by atoms with van der Waals surface area (Å²) >= 11 is 5.84. The van der Waals surface area contributed by atoms with Crippen LogP contribution in [0.4, 0.5) is 16.2 Å². The van der Waals surface area contributed by atoms with Gasteiger partial charge in [0.2, 0.25) is 0 Å². The Morgan fingerprint density at radius 3 is 1.80 bits per heavy atom. The van der Waals surface area contributed by atoms with Crippen LogP contribution in [0.5, 0.6) is 5.75 Å². The third-order valence-corrected chi connectivity index (χ3v) is 3.08. The third-order valence-electron chi connectivity index (χ3n) is 2.52. The molecule has 0 N–H and O–H groups in total. The molecule has 1 aromatic carbocycles. The zero-order chi connectivity index (χ0) is 15.6. The van der Waals surface area contributed by atoms with Crippen molar-refractivity contribution in [2.45, 2.75) is 13.8 Å². The summed E-state index contributed by atoms with van der Waals surface area (Å²) in [5.41, 5.74) is -1.59. The van der Waals surface area contributed by atoms with Gasteiger partial charge in [0.25, 0.3) is 5.75 Å². The van der Waals surface area contributed by atoms with Gasteiger partial charge in [0.1, 0.15) is 0 Å². The van der Waals surface area contributed by atoms with E-state index in [1.165, 1.54) is 13.8 Å². The van der Waals surface area contributed by atoms with Gasteiger partial charge in [-0.05, 0) is 13.8 Å². The molecule has 0 aliphatic rings. The Morgan fingerprint density at radius 2 is 1.50 bits per heavy atom. The Morgan fingerprint density at radius 1 is 1.10 bits per heavy atom. The van der Waals surface area contributed by atoms with Crippen LogP contribution in [-0.2, 0) is 4.74 Å². The molecular formula is C10H9ClN2O7. The summed E-state index contributed by atoms with van der Waals surface area (Å²) in [4.78, 5) is 31.4. The van der Waals surface area contributed by atoms with E-state index in [0.29, 0.717) is 0 Å². The second-order valence-electron chi connectivity index (χ2n) is 3.66. The zero-order valence-corrected chi connectivity index (χ0v) is 11.4. The molecule has 108 valence electrons. The van der Waals surface area contributed by atoms with Crippen molar-refractivity contribution in [2.75, 3.05) is 7.11 Å². The van der Waals surface area contributed by atoms with Crippen molar-refractivity contribution >= 4 is 29.1 Å². The molecule has 1 rings (SSSR count). The van der Waals surface area contributed by atoms with E-state index in [1.807, 2.05) is 0 Å². The lowest BCUT2D eigenvalue weighted by molar-refractivity contribution is -0.396. The van der Waals surface area contributed by atoms with Crippen molar-refractivity contribution in [3.8, 4) is 5.75 Å². The summed E-state index contributed by atoms with van der Waals surface area (Å²) in [7, 11) is 0.968. The predicted molar refractivity (Wildman–Crippen MR) is 67.3 cm³/mol. The Hall–Kier alpha value is -2.42. The SMILES string of the molecule is COC(=O)Oc1c([N+](=O)[O-])c(C)c(Cl)c(C)c1[N+](=O)[O-]. The van der Waals surface area contributed by atoms with Crippen molar-refractivity contribution in [2.24, 2.45) is 0 Å². The lowest BCUT2D eigenvalue weighted by Gasteiger charge is -2.10. The van der Waals surface area contributed by atoms with Crippen LogP contribution in [0.25, 0.3) is 0 Å². The van der Waals surface area contributed by atoms with Gasteiger partial charge in [-0.2, -0.15) is 0 Å². The van der Waals surface area contributed by atoms with Gasteiger partial charge in [0, 0.05) is 0 Å². The number of nitro benzene ring substituents is 2. The van der Waals surface area contributed by atoms with Gasteiger partial charge >= 0.3 is 17.5 Å². The van der Waals surface area contributed by atoms with Gasteiger partial charge in [-0.3, -0.25) is 20.2 Å². The van der Waals surface area contributed by atoms with Crippen LogP contribution in [0.3, 0.4) is 0 Å². The average Bonchev–Trinajstić information content (AvgIpc) is 2.35. The number of halogens is 1. The molecule has 0 radical (unpaired) electrons. The fourth-order valence-corrected chi connectivity index (χ4v) is 1.78. The highest BCUT2D eigenvalue weighted by Gasteiger charge is 2.36. The minimum Gasteiger partial charge on any atom is -0.437 e. The first kappa shape index (κ1) is 15.6. The second kappa shape index (κ2) is 5.70. The second-order valence-corrected chi connectivity index (χ2v) is 4.04. The van der Waals surface area contributed by atoms with Crippen LogP contribution in [0.15, 0.2) is 0 Å². The predicted octanol–water partition coefficient (Wildman–Crippen LogP) is 2.92. The summed E-state index contributed by atoms with van der Waals surface area (Å²) in [5.74, 6) is -0.800. The number of rotatable bonds is 3. The van der Waals surface area contributed by atoms with E-state index in [1.54, 1.807) is 0 Å². The highest BCUT2D eigenvalue weighted by atomic mass is 35.5. The lowest BCUT2D eigenvalue weighted by atomic mass is 10.1. The number of hydrogen-bond acceptors (Lipinski definition) is 7. The smallest absolute Gasteiger partial charge is 0.437 e. The Balaban J connectivity index is 3.77. The highest BCUT2D eigenvalue weighted by molar-refractivity contribution is 6.33. The minimum atomic E-state index is -1.31. The summed E-state index contributed by atoms with van der Waals surface area (Å²) < 4.78 is 8.76. The molecule has 0 amide bonds. The molecule has 0 unspecified atom stereocenters. The number of hydrogen-bond donors (Lipinski definition) is 0. The van der Waals surface area contributed by atoms with Crippen LogP contribution < -0.4 is 4.74 Å². The van der Waals surface area contributed by atoms with Crippen molar-refractivity contribution < 1.29 is 24.1 Å². The molecule has 0 spiro atoms. The average molecular weight is 305 g/mol. The summed E-state index contributed by atoms with van der Waals surface area (Å²) in [5, 5.41) is 21.9. The maximum absolute atomic E-state index is 11.1. The van der Waals surface area contributed by atoms with E-state index in [-0.39, 0.29) is 16.1 Å². The van der Waals surface area contributed by atoms with E-state index < -0.39 is 33.1 Å². The number of benzene rings is 1. The van der Waals surface area contributed by atoms with E-state index in [9.17, 15) is 25.0 Å². The van der Waals surface area contributed by atoms with Gasteiger partial charge in [0.15, 0.2) is 0 Å². The molecule has 0 saturated heterocycles. The maximum Gasteiger partial charge on any atom is 0.514 e. The van der Waals surface area contributed by atoms with Crippen LogP contribution in [-0.4, -0.2) is 23.1 Å². The molecule has 0 heterocycles. The van der Waals surface area contributed by atoms with Gasteiger partial charge in [0.05, 0.1) is 33.1 Å². The third kappa shape index (κ3) is 2.62. The monoisotopic (exact) mass is 304 g/mol. The van der Waals surface area contributed by atoms with Gasteiger partial charge in [-0.15, -0.1) is 0 Å². The number of ether oxygens (including phenoxy) is 2. The number of methoxy groups -OCH3 is 1. The largest absolute Gasteiger partial charge is 0.514 e. The normalized spacial score (nSPS) is 10.0. The van der Waals surface area contributed by atoms with E-state index >= 15 is 0 Å². The topological polar surface area (TPSA) is 122 Å². The summed E-state index contributed by atoms with van der Waals surface area (Å²) in [6.07, 6.45) is -1.31. The molecular weight excluding hydrogens is 296 g/mol. The van der Waals surface area contributed by atoms with E-state index in [0.717, 1.165) is 7.11 Å². The molecule has 9 nitrogen and oxygen atoms in total. The van der Waals surface area contributed by atoms with Crippen LogP contribution >= 0.6 is 11.6 Å². The molecule has 0 bridgehead atoms. The maximum atomic E-state index is 11.1. The number of carbonyl (C=O) groups excluding carboxylic acids is 1. The summed E-state index contributed by atoms with van der Waals surface area (Å²) in [6.45, 7) is 2.59. The standard InChI is InChI=1S/C10H9ClN2O7/c1-4-6(11)5(2)8(13(17)18)9(7(4)12(15)16)20-10(14)19-3/h1-3H3. The zero-order valence-electron chi connectivity index (χ0n) is 10.6. The fraction of sp³-hybridized carbons (Fsp3) is 0.300. The highest BCUT2D eigenvalue weighted by Crippen LogP contribution is 2.46.